The Hall–Kier alpha value is -0.340. The lowest BCUT2D eigenvalue weighted by atomic mass is 10.00. The molecule has 0 aliphatic carbocycles. The fourth-order valence-corrected chi connectivity index (χ4v) is 1.72. The van der Waals surface area contributed by atoms with Crippen molar-refractivity contribution in [2.75, 3.05) is 13.1 Å². The molecule has 12 heavy (non-hydrogen) atoms. The summed E-state index contributed by atoms with van der Waals surface area (Å²) in [6.07, 6.45) is 5.87. The normalized spacial score (nSPS) is 30.1. The van der Waals surface area contributed by atoms with E-state index in [-0.39, 0.29) is 0 Å². The molecule has 0 aromatic rings. The van der Waals surface area contributed by atoms with Gasteiger partial charge in [0.25, 0.3) is 0 Å². The van der Waals surface area contributed by atoms with E-state index >= 15 is 0 Å². The molecule has 0 spiro atoms. The first-order chi connectivity index (χ1) is 5.88. The maximum atomic E-state index is 3.84. The number of nitrogens with one attached hydrogen (secondary N) is 2. The van der Waals surface area contributed by atoms with Gasteiger partial charge in [-0.2, -0.15) is 0 Å². The second kappa shape index (κ2) is 5.33. The van der Waals surface area contributed by atoms with E-state index in [0.717, 1.165) is 13.1 Å². The molecule has 2 N–H and O–H groups in total. The van der Waals surface area contributed by atoms with Crippen LogP contribution in [0.1, 0.15) is 26.2 Å². The molecule has 2 unspecified atom stereocenters. The van der Waals surface area contributed by atoms with E-state index in [1.807, 2.05) is 6.08 Å². The Kier molecular flexibility index (Phi) is 4.33. The Morgan fingerprint density at radius 2 is 2.17 bits per heavy atom. The van der Waals surface area contributed by atoms with Crippen molar-refractivity contribution in [3.05, 3.63) is 12.7 Å². The molecule has 1 fully saturated rings. The van der Waals surface area contributed by atoms with Crippen molar-refractivity contribution in [3.8, 4) is 0 Å². The summed E-state index contributed by atoms with van der Waals surface area (Å²) in [5.74, 6) is 0. The third-order valence-electron chi connectivity index (χ3n) is 2.47. The molecule has 1 aliphatic heterocycles. The number of hydrogen-bond donors (Lipinski definition) is 2. The van der Waals surface area contributed by atoms with Gasteiger partial charge in [-0.15, -0.1) is 6.58 Å². The van der Waals surface area contributed by atoms with E-state index in [1.165, 1.54) is 19.3 Å². The molecule has 2 atom stereocenters. The quantitative estimate of drug-likeness (QED) is 0.618. The van der Waals surface area contributed by atoms with Crippen molar-refractivity contribution in [1.82, 2.24) is 10.6 Å². The molecule has 2 heteroatoms. The summed E-state index contributed by atoms with van der Waals surface area (Å²) in [5, 5.41) is 6.97. The van der Waals surface area contributed by atoms with Gasteiger partial charge in [0.05, 0.1) is 0 Å². The van der Waals surface area contributed by atoms with Crippen LogP contribution in [0.3, 0.4) is 0 Å². The van der Waals surface area contributed by atoms with Crippen LogP contribution < -0.4 is 10.6 Å². The minimum Gasteiger partial charge on any atom is -0.311 e. The summed E-state index contributed by atoms with van der Waals surface area (Å²) >= 11 is 0. The zero-order valence-corrected chi connectivity index (χ0v) is 7.97. The fourth-order valence-electron chi connectivity index (χ4n) is 1.72. The van der Waals surface area contributed by atoms with Gasteiger partial charge >= 0.3 is 0 Å². The van der Waals surface area contributed by atoms with Crippen LogP contribution in [0, 0.1) is 0 Å². The number of rotatable bonds is 4. The largest absolute Gasteiger partial charge is 0.311 e. The molecule has 70 valence electrons. The Labute approximate surface area is 75.4 Å². The average molecular weight is 168 g/mol. The van der Waals surface area contributed by atoms with Crippen LogP contribution in [-0.2, 0) is 0 Å². The van der Waals surface area contributed by atoms with Crippen LogP contribution in [0.5, 0.6) is 0 Å². The van der Waals surface area contributed by atoms with Crippen LogP contribution in [-0.4, -0.2) is 25.2 Å². The SMILES string of the molecule is C=CC1NCCNC1CCCC. The maximum Gasteiger partial charge on any atom is 0.0403 e. The van der Waals surface area contributed by atoms with Gasteiger partial charge in [-0.3, -0.25) is 0 Å². The van der Waals surface area contributed by atoms with Crippen molar-refractivity contribution < 1.29 is 0 Å². The van der Waals surface area contributed by atoms with Crippen LogP contribution in [0.15, 0.2) is 12.7 Å². The van der Waals surface area contributed by atoms with E-state index in [2.05, 4.69) is 24.1 Å². The second-order valence-electron chi connectivity index (χ2n) is 3.42. The molecule has 1 saturated heterocycles. The molecule has 0 aromatic carbocycles. The number of hydrogen-bond acceptors (Lipinski definition) is 2. The maximum absolute atomic E-state index is 3.84. The highest BCUT2D eigenvalue weighted by Gasteiger charge is 2.20. The van der Waals surface area contributed by atoms with Crippen molar-refractivity contribution in [3.63, 3.8) is 0 Å². The highest BCUT2D eigenvalue weighted by molar-refractivity contribution is 4.97. The van der Waals surface area contributed by atoms with E-state index in [4.69, 9.17) is 0 Å². The number of unbranched alkanes of at least 4 members (excludes halogenated alkanes) is 1. The molecule has 0 bridgehead atoms. The summed E-state index contributed by atoms with van der Waals surface area (Å²) in [6.45, 7) is 8.24. The molecule has 0 radical (unpaired) electrons. The first-order valence-electron chi connectivity index (χ1n) is 4.97. The zero-order chi connectivity index (χ0) is 8.81. The molecule has 2 nitrogen and oxygen atoms in total. The van der Waals surface area contributed by atoms with Crippen molar-refractivity contribution >= 4 is 0 Å². The lowest BCUT2D eigenvalue weighted by molar-refractivity contribution is 0.340. The fraction of sp³-hybridized carbons (Fsp3) is 0.800. The Bertz CT molecular complexity index is 134. The van der Waals surface area contributed by atoms with Crippen molar-refractivity contribution in [2.45, 2.75) is 38.3 Å². The smallest absolute Gasteiger partial charge is 0.0403 e. The summed E-state index contributed by atoms with van der Waals surface area (Å²) in [7, 11) is 0. The number of piperazine rings is 1. The average Bonchev–Trinajstić information content (AvgIpc) is 2.15. The van der Waals surface area contributed by atoms with Crippen LogP contribution in [0.2, 0.25) is 0 Å². The first-order valence-corrected chi connectivity index (χ1v) is 4.97. The third-order valence-corrected chi connectivity index (χ3v) is 2.47. The minimum absolute atomic E-state index is 0.477. The van der Waals surface area contributed by atoms with Gasteiger partial charge in [-0.25, -0.2) is 0 Å². The Balaban J connectivity index is 2.31. The Morgan fingerprint density at radius 3 is 2.83 bits per heavy atom. The van der Waals surface area contributed by atoms with Gasteiger partial charge in [0.15, 0.2) is 0 Å². The van der Waals surface area contributed by atoms with Crippen molar-refractivity contribution in [2.24, 2.45) is 0 Å². The Morgan fingerprint density at radius 1 is 1.42 bits per heavy atom. The molecule has 0 amide bonds. The minimum atomic E-state index is 0.477. The van der Waals surface area contributed by atoms with E-state index < -0.39 is 0 Å². The standard InChI is InChI=1S/C10H20N2/c1-3-5-6-10-9(4-2)11-7-8-12-10/h4,9-12H,2-3,5-8H2,1H3. The monoisotopic (exact) mass is 168 g/mol. The highest BCUT2D eigenvalue weighted by Crippen LogP contribution is 2.07. The molecular weight excluding hydrogens is 148 g/mol. The molecule has 1 heterocycles. The zero-order valence-electron chi connectivity index (χ0n) is 7.97. The summed E-state index contributed by atoms with van der Waals surface area (Å²) in [4.78, 5) is 0. The first kappa shape index (κ1) is 9.75. The van der Waals surface area contributed by atoms with Gasteiger partial charge < -0.3 is 10.6 Å². The topological polar surface area (TPSA) is 24.1 Å². The van der Waals surface area contributed by atoms with Gasteiger partial charge in [-0.05, 0) is 6.42 Å². The van der Waals surface area contributed by atoms with Crippen LogP contribution in [0.25, 0.3) is 0 Å². The van der Waals surface area contributed by atoms with E-state index in [1.54, 1.807) is 0 Å². The molecule has 0 saturated carbocycles. The van der Waals surface area contributed by atoms with Gasteiger partial charge in [-0.1, -0.05) is 25.8 Å². The van der Waals surface area contributed by atoms with E-state index in [0.29, 0.717) is 12.1 Å². The van der Waals surface area contributed by atoms with Crippen LogP contribution >= 0.6 is 0 Å². The van der Waals surface area contributed by atoms with Gasteiger partial charge in [0.1, 0.15) is 0 Å². The van der Waals surface area contributed by atoms with Gasteiger partial charge in [0.2, 0.25) is 0 Å². The third kappa shape index (κ3) is 2.61. The lowest BCUT2D eigenvalue weighted by Crippen LogP contribution is -2.54. The van der Waals surface area contributed by atoms with Gasteiger partial charge in [0, 0.05) is 25.2 Å². The molecule has 1 aliphatic rings. The molecule has 0 aromatic heterocycles. The summed E-state index contributed by atoms with van der Waals surface area (Å²) in [5.41, 5.74) is 0. The summed E-state index contributed by atoms with van der Waals surface area (Å²) < 4.78 is 0. The molecular formula is C10H20N2. The second-order valence-corrected chi connectivity index (χ2v) is 3.42. The predicted octanol–water partition coefficient (Wildman–Crippen LogP) is 1.29. The highest BCUT2D eigenvalue weighted by atomic mass is 15.1. The summed E-state index contributed by atoms with van der Waals surface area (Å²) in [6, 6.07) is 1.08. The predicted molar refractivity (Wildman–Crippen MR) is 53.3 cm³/mol. The van der Waals surface area contributed by atoms with E-state index in [9.17, 15) is 0 Å². The van der Waals surface area contributed by atoms with Crippen molar-refractivity contribution in [1.29, 1.82) is 0 Å². The lowest BCUT2D eigenvalue weighted by Gasteiger charge is -2.31. The molecule has 1 rings (SSSR count). The van der Waals surface area contributed by atoms with Crippen LogP contribution in [0.4, 0.5) is 0 Å².